The zero-order chi connectivity index (χ0) is 23.1. The van der Waals surface area contributed by atoms with Crippen LogP contribution in [0.25, 0.3) is 0 Å². The molecule has 0 aliphatic heterocycles. The summed E-state index contributed by atoms with van der Waals surface area (Å²) in [5, 5.41) is 18.0. The molecular formula is C21H21N3O5S3. The van der Waals surface area contributed by atoms with E-state index >= 15 is 0 Å². The van der Waals surface area contributed by atoms with Crippen molar-refractivity contribution in [2.75, 3.05) is 17.0 Å². The van der Waals surface area contributed by atoms with Crippen molar-refractivity contribution in [1.29, 1.82) is 0 Å². The molecule has 3 aromatic rings. The first-order chi connectivity index (χ1) is 15.3. The third-order valence-electron chi connectivity index (χ3n) is 4.47. The first-order valence-corrected chi connectivity index (χ1v) is 13.1. The van der Waals surface area contributed by atoms with Crippen LogP contribution in [0.15, 0.2) is 64.2 Å². The van der Waals surface area contributed by atoms with E-state index in [1.165, 1.54) is 48.9 Å². The van der Waals surface area contributed by atoms with Crippen LogP contribution in [0, 0.1) is 17.0 Å². The Bertz CT molecular complexity index is 1190. The van der Waals surface area contributed by atoms with Gasteiger partial charge >= 0.3 is 0 Å². The molecule has 0 aliphatic carbocycles. The molecule has 0 saturated heterocycles. The third kappa shape index (κ3) is 6.31. The lowest BCUT2D eigenvalue weighted by molar-refractivity contribution is -0.385. The van der Waals surface area contributed by atoms with Crippen molar-refractivity contribution in [1.82, 2.24) is 5.32 Å². The first-order valence-electron chi connectivity index (χ1n) is 9.51. The molecular weight excluding hydrogens is 470 g/mol. The van der Waals surface area contributed by atoms with Gasteiger partial charge in [-0.1, -0.05) is 6.07 Å². The molecule has 0 fully saturated rings. The summed E-state index contributed by atoms with van der Waals surface area (Å²) < 4.78 is 27.5. The molecule has 1 heterocycles. The van der Waals surface area contributed by atoms with E-state index in [0.717, 1.165) is 17.6 Å². The minimum atomic E-state index is -4.02. The van der Waals surface area contributed by atoms with Crippen LogP contribution in [0.3, 0.4) is 0 Å². The second-order valence-electron chi connectivity index (χ2n) is 6.83. The van der Waals surface area contributed by atoms with Crippen LogP contribution in [0.2, 0.25) is 0 Å². The molecule has 1 aromatic heterocycles. The van der Waals surface area contributed by atoms with Crippen molar-refractivity contribution >= 4 is 50.4 Å². The smallest absolute Gasteiger partial charge is 0.273 e. The van der Waals surface area contributed by atoms with Crippen LogP contribution < -0.4 is 10.0 Å². The summed E-state index contributed by atoms with van der Waals surface area (Å²) in [7, 11) is -4.02. The molecule has 0 unspecified atom stereocenters. The van der Waals surface area contributed by atoms with Gasteiger partial charge in [0.15, 0.2) is 0 Å². The monoisotopic (exact) mass is 491 g/mol. The number of nitro groups is 1. The molecule has 2 aromatic carbocycles. The summed E-state index contributed by atoms with van der Waals surface area (Å²) in [5.74, 6) is 1.44. The second kappa shape index (κ2) is 10.6. The molecule has 0 radical (unpaired) electrons. The van der Waals surface area contributed by atoms with Crippen LogP contribution in [0.4, 0.5) is 11.4 Å². The minimum absolute atomic E-state index is 0.212. The highest BCUT2D eigenvalue weighted by molar-refractivity contribution is 7.98. The number of thioether (sulfide) groups is 1. The second-order valence-corrected chi connectivity index (χ2v) is 10.4. The van der Waals surface area contributed by atoms with Gasteiger partial charge in [0.25, 0.3) is 21.6 Å². The van der Waals surface area contributed by atoms with E-state index in [1.54, 1.807) is 23.1 Å². The molecule has 3 rings (SSSR count). The van der Waals surface area contributed by atoms with E-state index in [0.29, 0.717) is 17.7 Å². The highest BCUT2D eigenvalue weighted by Crippen LogP contribution is 2.24. The number of aryl methyl sites for hydroxylation is 1. The normalized spacial score (nSPS) is 11.2. The number of nitrogens with one attached hydrogen (secondary N) is 2. The van der Waals surface area contributed by atoms with Gasteiger partial charge in [-0.25, -0.2) is 8.42 Å². The fraction of sp³-hybridized carbons (Fsp3) is 0.190. The number of sulfonamides is 1. The van der Waals surface area contributed by atoms with Crippen LogP contribution in [-0.4, -0.2) is 31.5 Å². The molecule has 0 aliphatic rings. The summed E-state index contributed by atoms with van der Waals surface area (Å²) in [5.41, 5.74) is 2.02. The Morgan fingerprint density at radius 3 is 2.56 bits per heavy atom. The van der Waals surface area contributed by atoms with Gasteiger partial charge < -0.3 is 5.32 Å². The van der Waals surface area contributed by atoms with Crippen LogP contribution in [0.1, 0.15) is 21.5 Å². The molecule has 0 saturated carbocycles. The van der Waals surface area contributed by atoms with E-state index in [9.17, 15) is 23.3 Å². The Hall–Kier alpha value is -2.89. The molecule has 1 amide bonds. The third-order valence-corrected chi connectivity index (χ3v) is 7.61. The zero-order valence-electron chi connectivity index (χ0n) is 17.1. The number of thiophene rings is 1. The average molecular weight is 492 g/mol. The van der Waals surface area contributed by atoms with E-state index < -0.39 is 14.9 Å². The van der Waals surface area contributed by atoms with Gasteiger partial charge in [-0.3, -0.25) is 19.6 Å². The quantitative estimate of drug-likeness (QED) is 0.246. The lowest BCUT2D eigenvalue weighted by Gasteiger charge is -2.10. The predicted octanol–water partition coefficient (Wildman–Crippen LogP) is 4.43. The largest absolute Gasteiger partial charge is 0.351 e. The van der Waals surface area contributed by atoms with Gasteiger partial charge in [0.2, 0.25) is 0 Å². The van der Waals surface area contributed by atoms with E-state index in [2.05, 4.69) is 21.5 Å². The number of benzene rings is 2. The summed E-state index contributed by atoms with van der Waals surface area (Å²) in [6.07, 6.45) is 0. The van der Waals surface area contributed by atoms with Crippen LogP contribution in [0.5, 0.6) is 0 Å². The Labute approximate surface area is 194 Å². The fourth-order valence-electron chi connectivity index (χ4n) is 2.76. The number of nitro benzene ring substituents is 1. The highest BCUT2D eigenvalue weighted by Gasteiger charge is 2.20. The standard InChI is InChI=1S/C21H21N3O5S3/c1-15-2-7-19(12-20(15)24(26)27)32(28,29)23-18-5-3-17(4-6-18)21(25)22-9-11-31-14-16-8-10-30-13-16/h2-8,10,12-13,23H,9,11,14H2,1H3,(H,22,25). The van der Waals surface area contributed by atoms with Gasteiger partial charge in [-0.2, -0.15) is 23.1 Å². The van der Waals surface area contributed by atoms with Crippen molar-refractivity contribution in [3.63, 3.8) is 0 Å². The fourth-order valence-corrected chi connectivity index (χ4v) is 5.42. The Morgan fingerprint density at radius 1 is 1.16 bits per heavy atom. The molecule has 2 N–H and O–H groups in total. The highest BCUT2D eigenvalue weighted by atomic mass is 32.2. The Morgan fingerprint density at radius 2 is 1.91 bits per heavy atom. The molecule has 0 spiro atoms. The molecule has 0 bridgehead atoms. The topological polar surface area (TPSA) is 118 Å². The number of hydrogen-bond acceptors (Lipinski definition) is 7. The first kappa shape index (κ1) is 23.8. The minimum Gasteiger partial charge on any atom is -0.351 e. The maximum absolute atomic E-state index is 12.6. The summed E-state index contributed by atoms with van der Waals surface area (Å²) in [4.78, 5) is 22.5. The van der Waals surface area contributed by atoms with Gasteiger partial charge in [0.05, 0.1) is 9.82 Å². The maximum Gasteiger partial charge on any atom is 0.273 e. The average Bonchev–Trinajstić information content (AvgIpc) is 3.27. The predicted molar refractivity (Wildman–Crippen MR) is 128 cm³/mol. The lowest BCUT2D eigenvalue weighted by Crippen LogP contribution is -2.25. The number of nitrogens with zero attached hydrogens (tertiary/aromatic N) is 1. The Kier molecular flexibility index (Phi) is 7.89. The van der Waals surface area contributed by atoms with Crippen molar-refractivity contribution < 1.29 is 18.1 Å². The molecule has 11 heteroatoms. The molecule has 32 heavy (non-hydrogen) atoms. The number of amides is 1. The maximum atomic E-state index is 12.6. The Balaban J connectivity index is 1.55. The van der Waals surface area contributed by atoms with Gasteiger partial charge in [0.1, 0.15) is 0 Å². The van der Waals surface area contributed by atoms with E-state index in [-0.39, 0.29) is 22.2 Å². The SMILES string of the molecule is Cc1ccc(S(=O)(=O)Nc2ccc(C(=O)NCCSCc3ccsc3)cc2)cc1[N+](=O)[O-]. The number of rotatable bonds is 10. The van der Waals surface area contributed by atoms with Crippen molar-refractivity contribution in [3.8, 4) is 0 Å². The lowest BCUT2D eigenvalue weighted by atomic mass is 10.2. The molecule has 0 atom stereocenters. The van der Waals surface area contributed by atoms with Gasteiger partial charge in [-0.15, -0.1) is 0 Å². The molecule has 8 nitrogen and oxygen atoms in total. The van der Waals surface area contributed by atoms with Crippen LogP contribution in [-0.2, 0) is 15.8 Å². The zero-order valence-corrected chi connectivity index (χ0v) is 19.6. The molecule has 168 valence electrons. The number of anilines is 1. The van der Waals surface area contributed by atoms with E-state index in [4.69, 9.17) is 0 Å². The number of carbonyl (C=O) groups is 1. The number of carbonyl (C=O) groups excluding carboxylic acids is 1. The number of hydrogen-bond donors (Lipinski definition) is 2. The summed E-state index contributed by atoms with van der Waals surface area (Å²) in [6, 6.07) is 11.8. The summed E-state index contributed by atoms with van der Waals surface area (Å²) >= 11 is 3.39. The summed E-state index contributed by atoms with van der Waals surface area (Å²) in [6.45, 7) is 2.06. The van der Waals surface area contributed by atoms with Gasteiger partial charge in [0, 0.05) is 40.9 Å². The van der Waals surface area contributed by atoms with Crippen molar-refractivity contribution in [3.05, 3.63) is 86.1 Å². The van der Waals surface area contributed by atoms with Crippen LogP contribution >= 0.6 is 23.1 Å². The van der Waals surface area contributed by atoms with Crippen molar-refractivity contribution in [2.24, 2.45) is 0 Å². The van der Waals surface area contributed by atoms with Crippen molar-refractivity contribution in [2.45, 2.75) is 17.6 Å². The van der Waals surface area contributed by atoms with E-state index in [1.807, 2.05) is 5.38 Å². The van der Waals surface area contributed by atoms with Gasteiger partial charge in [-0.05, 0) is 59.6 Å².